The van der Waals surface area contributed by atoms with Crippen molar-refractivity contribution in [1.29, 1.82) is 0 Å². The van der Waals surface area contributed by atoms with E-state index >= 15 is 0 Å². The summed E-state index contributed by atoms with van der Waals surface area (Å²) in [6.07, 6.45) is 7.93. The molecule has 9 heteroatoms. The number of nitrogen functional groups attached to an aromatic ring is 1. The first-order valence-electron chi connectivity index (χ1n) is 11.9. The van der Waals surface area contributed by atoms with E-state index in [1.807, 2.05) is 48.7 Å². The lowest BCUT2D eigenvalue weighted by atomic mass is 10.0. The number of aromatic nitrogens is 5. The Kier molecular flexibility index (Phi) is 6.52. The number of primary amides is 1. The molecule has 1 aromatic carbocycles. The van der Waals surface area contributed by atoms with Gasteiger partial charge in [0.25, 0.3) is 0 Å². The number of pyridine rings is 2. The standard InChI is InChI=1S/C27H26ClN7O/c1-2-17(6-5-8-24(29)36)35-14-19(25-26(30)32-15-33-27(25)35)18-13-23-16(12-20(18)28)9-10-22(34-23)21-7-3-4-11-31-21/h3-4,7,9-15,17H,2,5-6,8H2,1H3,(H2,29,36)(H2,30,32,33). The number of nitrogens with zero attached hydrogens (tertiary/aromatic N) is 5. The fourth-order valence-corrected chi connectivity index (χ4v) is 4.92. The smallest absolute Gasteiger partial charge is 0.217 e. The Hall–Kier alpha value is -4.04. The van der Waals surface area contributed by atoms with Crippen molar-refractivity contribution >= 4 is 45.3 Å². The molecule has 182 valence electrons. The Balaban J connectivity index is 1.65. The van der Waals surface area contributed by atoms with E-state index in [4.69, 9.17) is 28.1 Å². The molecule has 0 saturated heterocycles. The van der Waals surface area contributed by atoms with Gasteiger partial charge in [0, 0.05) is 46.4 Å². The van der Waals surface area contributed by atoms with Gasteiger partial charge in [-0.1, -0.05) is 30.7 Å². The summed E-state index contributed by atoms with van der Waals surface area (Å²) in [7, 11) is 0. The molecular formula is C27H26ClN7O. The van der Waals surface area contributed by atoms with Gasteiger partial charge < -0.3 is 16.0 Å². The normalized spacial score (nSPS) is 12.3. The van der Waals surface area contributed by atoms with Crippen LogP contribution in [0, 0.1) is 0 Å². The number of rotatable bonds is 8. The fourth-order valence-electron chi connectivity index (χ4n) is 4.65. The Morgan fingerprint density at radius 1 is 1.08 bits per heavy atom. The maximum Gasteiger partial charge on any atom is 0.217 e. The highest BCUT2D eigenvalue weighted by Gasteiger charge is 2.21. The summed E-state index contributed by atoms with van der Waals surface area (Å²) in [6, 6.07) is 13.7. The van der Waals surface area contributed by atoms with Crippen molar-refractivity contribution < 1.29 is 4.79 Å². The van der Waals surface area contributed by atoms with Crippen LogP contribution < -0.4 is 11.5 Å². The molecule has 4 N–H and O–H groups in total. The Morgan fingerprint density at radius 2 is 1.94 bits per heavy atom. The summed E-state index contributed by atoms with van der Waals surface area (Å²) >= 11 is 6.81. The summed E-state index contributed by atoms with van der Waals surface area (Å²) in [4.78, 5) is 29.3. The lowest BCUT2D eigenvalue weighted by Gasteiger charge is -2.17. The van der Waals surface area contributed by atoms with Crippen LogP contribution in [0.4, 0.5) is 5.82 Å². The first-order chi connectivity index (χ1) is 17.5. The van der Waals surface area contributed by atoms with Crippen molar-refractivity contribution in [1.82, 2.24) is 24.5 Å². The molecule has 1 unspecified atom stereocenters. The largest absolute Gasteiger partial charge is 0.383 e. The van der Waals surface area contributed by atoms with Gasteiger partial charge in [-0.2, -0.15) is 0 Å². The zero-order valence-electron chi connectivity index (χ0n) is 19.9. The van der Waals surface area contributed by atoms with E-state index in [9.17, 15) is 4.79 Å². The van der Waals surface area contributed by atoms with Crippen molar-refractivity contribution in [3.8, 4) is 22.5 Å². The molecule has 0 radical (unpaired) electrons. The van der Waals surface area contributed by atoms with E-state index in [-0.39, 0.29) is 11.9 Å². The zero-order chi connectivity index (χ0) is 25.2. The predicted octanol–water partition coefficient (Wildman–Crippen LogP) is 5.55. The van der Waals surface area contributed by atoms with Gasteiger partial charge in [0.05, 0.1) is 22.3 Å². The number of carbonyl (C=O) groups is 1. The summed E-state index contributed by atoms with van der Waals surface area (Å²) < 4.78 is 2.11. The van der Waals surface area contributed by atoms with Crippen LogP contribution in [-0.2, 0) is 4.79 Å². The zero-order valence-corrected chi connectivity index (χ0v) is 20.6. The second-order valence-corrected chi connectivity index (χ2v) is 9.17. The molecule has 4 heterocycles. The second-order valence-electron chi connectivity index (χ2n) is 8.76. The number of nitrogens with two attached hydrogens (primary N) is 2. The molecule has 1 amide bonds. The number of anilines is 1. The van der Waals surface area contributed by atoms with Crippen LogP contribution in [0.2, 0.25) is 5.02 Å². The highest BCUT2D eigenvalue weighted by molar-refractivity contribution is 6.34. The van der Waals surface area contributed by atoms with Gasteiger partial charge >= 0.3 is 0 Å². The number of amides is 1. The Bertz CT molecular complexity index is 1570. The van der Waals surface area contributed by atoms with Crippen molar-refractivity contribution in [3.05, 3.63) is 66.2 Å². The molecule has 0 spiro atoms. The lowest BCUT2D eigenvalue weighted by molar-refractivity contribution is -0.118. The second kappa shape index (κ2) is 9.91. The van der Waals surface area contributed by atoms with Crippen molar-refractivity contribution in [2.45, 2.75) is 38.6 Å². The van der Waals surface area contributed by atoms with Gasteiger partial charge in [0.1, 0.15) is 17.8 Å². The minimum absolute atomic E-state index is 0.114. The van der Waals surface area contributed by atoms with Gasteiger partial charge in [0.15, 0.2) is 0 Å². The number of hydrogen-bond acceptors (Lipinski definition) is 6. The molecular weight excluding hydrogens is 474 g/mol. The average molecular weight is 500 g/mol. The summed E-state index contributed by atoms with van der Waals surface area (Å²) in [5.41, 5.74) is 16.5. The van der Waals surface area contributed by atoms with E-state index in [0.29, 0.717) is 23.7 Å². The maximum absolute atomic E-state index is 11.3. The third kappa shape index (κ3) is 4.47. The minimum Gasteiger partial charge on any atom is -0.383 e. The van der Waals surface area contributed by atoms with Gasteiger partial charge in [-0.25, -0.2) is 15.0 Å². The monoisotopic (exact) mass is 499 g/mol. The van der Waals surface area contributed by atoms with Crippen LogP contribution in [0.5, 0.6) is 0 Å². The Morgan fingerprint density at radius 3 is 2.69 bits per heavy atom. The molecule has 0 aliphatic rings. The number of benzene rings is 1. The highest BCUT2D eigenvalue weighted by Crippen LogP contribution is 2.40. The average Bonchev–Trinajstić information content (AvgIpc) is 3.27. The van der Waals surface area contributed by atoms with Crippen LogP contribution in [0.1, 0.15) is 38.6 Å². The number of carbonyl (C=O) groups excluding carboxylic acids is 1. The van der Waals surface area contributed by atoms with Crippen molar-refractivity contribution in [3.63, 3.8) is 0 Å². The first kappa shape index (κ1) is 23.7. The van der Waals surface area contributed by atoms with E-state index in [0.717, 1.165) is 57.3 Å². The maximum atomic E-state index is 11.3. The van der Waals surface area contributed by atoms with Crippen LogP contribution in [0.25, 0.3) is 44.5 Å². The SMILES string of the molecule is CCC(CCCC(N)=O)n1cc(-c2cc3nc(-c4ccccn4)ccc3cc2Cl)c2c(N)ncnc21. The molecule has 0 saturated carbocycles. The molecule has 1 atom stereocenters. The summed E-state index contributed by atoms with van der Waals surface area (Å²) in [5, 5.41) is 2.25. The molecule has 0 fully saturated rings. The number of hydrogen-bond donors (Lipinski definition) is 2. The third-order valence-corrected chi connectivity index (χ3v) is 6.77. The molecule has 0 aliphatic carbocycles. The van der Waals surface area contributed by atoms with Gasteiger partial charge in [-0.05, 0) is 49.6 Å². The van der Waals surface area contributed by atoms with E-state index in [2.05, 4.69) is 26.4 Å². The van der Waals surface area contributed by atoms with Gasteiger partial charge in [-0.15, -0.1) is 0 Å². The molecule has 5 rings (SSSR count). The molecule has 0 bridgehead atoms. The van der Waals surface area contributed by atoms with Crippen LogP contribution >= 0.6 is 11.6 Å². The molecule has 36 heavy (non-hydrogen) atoms. The predicted molar refractivity (Wildman–Crippen MR) is 143 cm³/mol. The van der Waals surface area contributed by atoms with E-state index in [1.54, 1.807) is 6.20 Å². The topological polar surface area (TPSA) is 126 Å². The van der Waals surface area contributed by atoms with E-state index < -0.39 is 0 Å². The van der Waals surface area contributed by atoms with Crippen molar-refractivity contribution in [2.75, 3.05) is 5.73 Å². The van der Waals surface area contributed by atoms with Crippen LogP contribution in [0.15, 0.2) is 61.2 Å². The minimum atomic E-state index is -0.296. The van der Waals surface area contributed by atoms with Crippen molar-refractivity contribution in [2.24, 2.45) is 5.73 Å². The summed E-state index contributed by atoms with van der Waals surface area (Å²) in [6.45, 7) is 2.11. The number of fused-ring (bicyclic) bond motifs is 2. The lowest BCUT2D eigenvalue weighted by Crippen LogP contribution is -2.12. The van der Waals surface area contributed by atoms with Crippen LogP contribution in [-0.4, -0.2) is 30.4 Å². The fraction of sp³-hybridized carbons (Fsp3) is 0.222. The molecule has 8 nitrogen and oxygen atoms in total. The van der Waals surface area contributed by atoms with Gasteiger partial charge in [0.2, 0.25) is 5.91 Å². The highest BCUT2D eigenvalue weighted by atomic mass is 35.5. The third-order valence-electron chi connectivity index (χ3n) is 6.46. The van der Waals surface area contributed by atoms with Gasteiger partial charge in [-0.3, -0.25) is 9.78 Å². The Labute approximate surface area is 213 Å². The molecule has 4 aromatic heterocycles. The van der Waals surface area contributed by atoms with E-state index in [1.165, 1.54) is 6.33 Å². The number of halogens is 1. The summed E-state index contributed by atoms with van der Waals surface area (Å²) in [5.74, 6) is 0.0853. The molecule has 5 aromatic rings. The quantitative estimate of drug-likeness (QED) is 0.288. The molecule has 0 aliphatic heterocycles. The first-order valence-corrected chi connectivity index (χ1v) is 12.3. The van der Waals surface area contributed by atoms with Crippen LogP contribution in [0.3, 0.4) is 0 Å².